The summed E-state index contributed by atoms with van der Waals surface area (Å²) in [5.41, 5.74) is 0. The van der Waals surface area contributed by atoms with E-state index in [0.717, 1.165) is 0 Å². The van der Waals surface area contributed by atoms with E-state index in [9.17, 15) is 8.42 Å². The highest BCUT2D eigenvalue weighted by molar-refractivity contribution is 7.90. The van der Waals surface area contributed by atoms with Crippen LogP contribution in [-0.4, -0.2) is 20.2 Å². The predicted octanol–water partition coefficient (Wildman–Crippen LogP) is 0.00388. The van der Waals surface area contributed by atoms with E-state index >= 15 is 0 Å². The Kier molecular flexibility index (Phi) is 3.79. The van der Waals surface area contributed by atoms with E-state index in [-0.39, 0.29) is 6.54 Å². The molecule has 0 saturated heterocycles. The molecule has 0 aliphatic carbocycles. The molecule has 0 saturated carbocycles. The summed E-state index contributed by atoms with van der Waals surface area (Å²) in [5, 5.41) is 7.26. The van der Waals surface area contributed by atoms with Crippen LogP contribution in [0.4, 0.5) is 0 Å². The molecule has 5 heteroatoms. The first-order valence-corrected chi connectivity index (χ1v) is 4.58. The summed E-state index contributed by atoms with van der Waals surface area (Å²) in [4.78, 5) is 0. The summed E-state index contributed by atoms with van der Waals surface area (Å²) in [6, 6.07) is 1.63. The lowest BCUT2D eigenvalue weighted by molar-refractivity contribution is 0.581. The Morgan fingerprint density at radius 2 is 2.36 bits per heavy atom. The minimum Gasteiger partial charge on any atom is -0.211 e. The molecule has 11 heavy (non-hydrogen) atoms. The highest BCUT2D eigenvalue weighted by atomic mass is 32.2. The molecule has 1 unspecified atom stereocenters. The predicted molar refractivity (Wildman–Crippen MR) is 42.2 cm³/mol. The molecule has 0 aromatic heterocycles. The molecule has 0 radical (unpaired) electrons. The summed E-state index contributed by atoms with van der Waals surface area (Å²) in [6.07, 6.45) is 1.42. The Bertz CT molecular complexity index is 263. The molecule has 62 valence electrons. The number of sulfonamides is 1. The molecule has 0 bridgehead atoms. The molecule has 1 atom stereocenters. The molecule has 0 aliphatic heterocycles. The normalized spacial score (nSPS) is 13.5. The first kappa shape index (κ1) is 10.1. The Morgan fingerprint density at radius 3 is 2.73 bits per heavy atom. The maximum atomic E-state index is 10.9. The van der Waals surface area contributed by atoms with Gasteiger partial charge in [-0.25, -0.2) is 13.1 Å². The second kappa shape index (κ2) is 4.11. The molecular formula is C6H10N2O2S. The molecule has 0 heterocycles. The molecule has 1 N–H and O–H groups in total. The third-order valence-electron chi connectivity index (χ3n) is 1.08. The number of rotatable bonds is 4. The monoisotopic (exact) mass is 174 g/mol. The van der Waals surface area contributed by atoms with Crippen molar-refractivity contribution in [1.29, 1.82) is 5.26 Å². The van der Waals surface area contributed by atoms with E-state index in [2.05, 4.69) is 11.3 Å². The van der Waals surface area contributed by atoms with Crippen molar-refractivity contribution in [3.05, 3.63) is 12.7 Å². The van der Waals surface area contributed by atoms with Crippen LogP contribution in [0.2, 0.25) is 0 Å². The number of nitrogens with zero attached hydrogens (tertiary/aromatic N) is 1. The smallest absolute Gasteiger partial charge is 0.211 e. The van der Waals surface area contributed by atoms with Crippen molar-refractivity contribution in [2.45, 2.75) is 12.2 Å². The minimum atomic E-state index is -3.45. The van der Waals surface area contributed by atoms with Gasteiger partial charge in [-0.3, -0.25) is 0 Å². The van der Waals surface area contributed by atoms with Crippen LogP contribution in [0.15, 0.2) is 12.7 Å². The van der Waals surface area contributed by atoms with Crippen molar-refractivity contribution in [3.8, 4) is 6.07 Å². The van der Waals surface area contributed by atoms with Crippen LogP contribution in [-0.2, 0) is 10.0 Å². The van der Waals surface area contributed by atoms with E-state index in [1.807, 2.05) is 0 Å². The number of nitriles is 1. The minimum absolute atomic E-state index is 0.161. The van der Waals surface area contributed by atoms with Gasteiger partial charge in [-0.15, -0.1) is 6.58 Å². The van der Waals surface area contributed by atoms with Gasteiger partial charge in [0, 0.05) is 6.54 Å². The van der Waals surface area contributed by atoms with Gasteiger partial charge in [0.15, 0.2) is 5.25 Å². The third kappa shape index (κ3) is 3.16. The van der Waals surface area contributed by atoms with Crippen LogP contribution in [0.25, 0.3) is 0 Å². The van der Waals surface area contributed by atoms with Gasteiger partial charge in [-0.2, -0.15) is 5.26 Å². The van der Waals surface area contributed by atoms with E-state index < -0.39 is 15.3 Å². The molecule has 0 aromatic rings. The summed E-state index contributed by atoms with van der Waals surface area (Å²) in [6.45, 7) is 4.82. The van der Waals surface area contributed by atoms with Crippen molar-refractivity contribution in [1.82, 2.24) is 4.72 Å². The van der Waals surface area contributed by atoms with Crippen molar-refractivity contribution in [3.63, 3.8) is 0 Å². The molecule has 0 fully saturated rings. The fourth-order valence-corrected chi connectivity index (χ4v) is 1.11. The fourth-order valence-electron chi connectivity index (χ4n) is 0.369. The van der Waals surface area contributed by atoms with E-state index in [1.54, 1.807) is 6.07 Å². The van der Waals surface area contributed by atoms with E-state index in [4.69, 9.17) is 5.26 Å². The van der Waals surface area contributed by atoms with Crippen LogP contribution in [0.3, 0.4) is 0 Å². The summed E-state index contributed by atoms with van der Waals surface area (Å²) in [5.74, 6) is 0. The van der Waals surface area contributed by atoms with Crippen molar-refractivity contribution in [2.24, 2.45) is 0 Å². The average molecular weight is 174 g/mol. The Hall–Kier alpha value is -0.860. The van der Waals surface area contributed by atoms with Crippen LogP contribution in [0.5, 0.6) is 0 Å². The first-order chi connectivity index (χ1) is 5.04. The largest absolute Gasteiger partial charge is 0.227 e. The lowest BCUT2D eigenvalue weighted by Gasteiger charge is -2.04. The van der Waals surface area contributed by atoms with Crippen LogP contribution in [0.1, 0.15) is 6.92 Å². The maximum Gasteiger partial charge on any atom is 0.227 e. The Balaban J connectivity index is 4.26. The van der Waals surface area contributed by atoms with Gasteiger partial charge in [-0.05, 0) is 6.92 Å². The molecule has 0 aliphatic rings. The molecule has 0 aromatic carbocycles. The molecule has 0 spiro atoms. The lowest BCUT2D eigenvalue weighted by Crippen LogP contribution is -2.31. The quantitative estimate of drug-likeness (QED) is 0.610. The summed E-state index contributed by atoms with van der Waals surface area (Å²) < 4.78 is 24.1. The van der Waals surface area contributed by atoms with Gasteiger partial charge >= 0.3 is 0 Å². The molecular weight excluding hydrogens is 164 g/mol. The van der Waals surface area contributed by atoms with Crippen molar-refractivity contribution >= 4 is 10.0 Å². The summed E-state index contributed by atoms with van der Waals surface area (Å²) in [7, 11) is -3.45. The SMILES string of the molecule is C=CCNS(=O)(=O)C(C)C#N. The fraction of sp³-hybridized carbons (Fsp3) is 0.500. The highest BCUT2D eigenvalue weighted by Crippen LogP contribution is 1.94. The third-order valence-corrected chi connectivity index (χ3v) is 2.68. The van der Waals surface area contributed by atoms with Crippen molar-refractivity contribution in [2.75, 3.05) is 6.54 Å². The van der Waals surface area contributed by atoms with Gasteiger partial charge in [0.2, 0.25) is 10.0 Å². The Morgan fingerprint density at radius 1 is 1.82 bits per heavy atom. The average Bonchev–Trinajstić information content (AvgIpc) is 1.99. The van der Waals surface area contributed by atoms with Crippen LogP contribution >= 0.6 is 0 Å². The van der Waals surface area contributed by atoms with Gasteiger partial charge in [0.1, 0.15) is 0 Å². The van der Waals surface area contributed by atoms with Crippen molar-refractivity contribution < 1.29 is 8.42 Å². The van der Waals surface area contributed by atoms with Crippen LogP contribution < -0.4 is 4.72 Å². The van der Waals surface area contributed by atoms with E-state index in [0.29, 0.717) is 0 Å². The first-order valence-electron chi connectivity index (χ1n) is 3.03. The zero-order valence-corrected chi connectivity index (χ0v) is 7.06. The van der Waals surface area contributed by atoms with Gasteiger partial charge in [-0.1, -0.05) is 6.08 Å². The lowest BCUT2D eigenvalue weighted by atomic mass is 10.5. The topological polar surface area (TPSA) is 70.0 Å². The number of nitrogens with one attached hydrogen (secondary N) is 1. The summed E-state index contributed by atoms with van der Waals surface area (Å²) >= 11 is 0. The molecule has 0 rings (SSSR count). The highest BCUT2D eigenvalue weighted by Gasteiger charge is 2.17. The standard InChI is InChI=1S/C6H10N2O2S/c1-3-4-8-11(9,10)6(2)5-7/h3,6,8H,1,4H2,2H3. The van der Waals surface area contributed by atoms with Gasteiger partial charge in [0.05, 0.1) is 6.07 Å². The van der Waals surface area contributed by atoms with E-state index in [1.165, 1.54) is 13.0 Å². The second-order valence-corrected chi connectivity index (χ2v) is 4.04. The number of hydrogen-bond acceptors (Lipinski definition) is 3. The molecule has 0 amide bonds. The maximum absolute atomic E-state index is 10.9. The van der Waals surface area contributed by atoms with Crippen LogP contribution in [0, 0.1) is 11.3 Å². The van der Waals surface area contributed by atoms with Gasteiger partial charge < -0.3 is 0 Å². The zero-order chi connectivity index (χ0) is 8.91. The Labute approximate surface area is 66.6 Å². The second-order valence-electron chi connectivity index (χ2n) is 1.95. The van der Waals surface area contributed by atoms with Gasteiger partial charge in [0.25, 0.3) is 0 Å². The molecule has 4 nitrogen and oxygen atoms in total. The number of hydrogen-bond donors (Lipinski definition) is 1. The zero-order valence-electron chi connectivity index (χ0n) is 6.24.